The van der Waals surface area contributed by atoms with Gasteiger partial charge in [0.05, 0.1) is 0 Å². The Labute approximate surface area is 121 Å². The van der Waals surface area contributed by atoms with Crippen LogP contribution in [0.1, 0.15) is 44.2 Å². The van der Waals surface area contributed by atoms with Crippen molar-refractivity contribution in [3.63, 3.8) is 0 Å². The first-order valence-corrected chi connectivity index (χ1v) is 7.69. The number of nitrogens with zero attached hydrogens (tertiary/aromatic N) is 1. The van der Waals surface area contributed by atoms with E-state index in [0.29, 0.717) is 12.6 Å². The molecular formula is C16H25ClN2. The predicted octanol–water partition coefficient (Wildman–Crippen LogP) is 3.85. The van der Waals surface area contributed by atoms with Crippen LogP contribution < -0.4 is 5.73 Å². The predicted molar refractivity (Wildman–Crippen MR) is 82.4 cm³/mol. The molecule has 0 amide bonds. The van der Waals surface area contributed by atoms with Crippen LogP contribution in [0.25, 0.3) is 0 Å². The molecule has 0 spiro atoms. The summed E-state index contributed by atoms with van der Waals surface area (Å²) in [5, 5.41) is 0.827. The Morgan fingerprint density at radius 2 is 2.00 bits per heavy atom. The number of halogens is 1. The summed E-state index contributed by atoms with van der Waals surface area (Å²) in [5.74, 6) is 0.746. The van der Waals surface area contributed by atoms with E-state index in [1.807, 2.05) is 18.2 Å². The van der Waals surface area contributed by atoms with E-state index >= 15 is 0 Å². The van der Waals surface area contributed by atoms with Gasteiger partial charge in [0.1, 0.15) is 0 Å². The normalized spacial score (nSPS) is 25.5. The highest BCUT2D eigenvalue weighted by Gasteiger charge is 2.30. The van der Waals surface area contributed by atoms with Crippen molar-refractivity contribution in [1.82, 2.24) is 4.90 Å². The molecule has 0 heterocycles. The number of hydrogen-bond acceptors (Lipinski definition) is 2. The number of rotatable bonds is 4. The Morgan fingerprint density at radius 1 is 1.32 bits per heavy atom. The fraction of sp³-hybridized carbons (Fsp3) is 0.625. The lowest BCUT2D eigenvalue weighted by atomic mass is 9.84. The molecule has 2 N–H and O–H groups in total. The van der Waals surface area contributed by atoms with Crippen LogP contribution in [0, 0.1) is 5.92 Å². The van der Waals surface area contributed by atoms with Gasteiger partial charge in [-0.25, -0.2) is 0 Å². The van der Waals surface area contributed by atoms with Crippen molar-refractivity contribution in [2.75, 3.05) is 13.6 Å². The molecule has 1 fully saturated rings. The standard InChI is InChI=1S/C16H25ClN2/c1-12-7-3-6-10-15(12)19(2)16(11-18)13-8-4-5-9-14(13)17/h4-5,8-9,12,15-16H,3,6-7,10-11,18H2,1-2H3. The van der Waals surface area contributed by atoms with Gasteiger partial charge in [-0.3, -0.25) is 4.90 Å². The van der Waals surface area contributed by atoms with E-state index in [0.717, 1.165) is 16.5 Å². The average molecular weight is 281 g/mol. The van der Waals surface area contributed by atoms with E-state index in [9.17, 15) is 0 Å². The van der Waals surface area contributed by atoms with Gasteiger partial charge >= 0.3 is 0 Å². The van der Waals surface area contributed by atoms with E-state index in [2.05, 4.69) is 24.9 Å². The molecular weight excluding hydrogens is 256 g/mol. The lowest BCUT2D eigenvalue weighted by Crippen LogP contribution is -2.43. The second-order valence-corrected chi connectivity index (χ2v) is 6.17. The number of likely N-dealkylation sites (N-methyl/N-ethyl adjacent to an activating group) is 1. The zero-order valence-electron chi connectivity index (χ0n) is 12.0. The first-order valence-electron chi connectivity index (χ1n) is 7.31. The average Bonchev–Trinajstić information content (AvgIpc) is 2.42. The summed E-state index contributed by atoms with van der Waals surface area (Å²) in [6.45, 7) is 2.98. The third kappa shape index (κ3) is 3.31. The summed E-state index contributed by atoms with van der Waals surface area (Å²) in [6, 6.07) is 8.92. The molecule has 19 heavy (non-hydrogen) atoms. The zero-order chi connectivity index (χ0) is 13.8. The smallest absolute Gasteiger partial charge is 0.0485 e. The molecule has 2 rings (SSSR count). The van der Waals surface area contributed by atoms with Crippen LogP contribution in [0.15, 0.2) is 24.3 Å². The van der Waals surface area contributed by atoms with Crippen molar-refractivity contribution in [2.45, 2.75) is 44.7 Å². The Morgan fingerprint density at radius 3 is 2.63 bits per heavy atom. The number of benzene rings is 1. The van der Waals surface area contributed by atoms with Gasteiger partial charge in [0.25, 0.3) is 0 Å². The van der Waals surface area contributed by atoms with Crippen LogP contribution >= 0.6 is 11.6 Å². The molecule has 1 aromatic rings. The number of nitrogens with two attached hydrogens (primary N) is 1. The first kappa shape index (κ1) is 14.8. The summed E-state index contributed by atoms with van der Waals surface area (Å²) in [4.78, 5) is 2.45. The van der Waals surface area contributed by atoms with Crippen LogP contribution in [0.4, 0.5) is 0 Å². The minimum absolute atomic E-state index is 0.222. The summed E-state index contributed by atoms with van der Waals surface area (Å²) in [6.07, 6.45) is 5.30. The van der Waals surface area contributed by atoms with Crippen molar-refractivity contribution in [1.29, 1.82) is 0 Å². The van der Waals surface area contributed by atoms with E-state index in [1.165, 1.54) is 25.7 Å². The topological polar surface area (TPSA) is 29.3 Å². The van der Waals surface area contributed by atoms with Crippen molar-refractivity contribution in [3.05, 3.63) is 34.9 Å². The molecule has 3 unspecified atom stereocenters. The van der Waals surface area contributed by atoms with Crippen molar-refractivity contribution in [2.24, 2.45) is 11.7 Å². The molecule has 0 aliphatic heterocycles. The third-order valence-corrected chi connectivity index (χ3v) is 4.91. The van der Waals surface area contributed by atoms with Gasteiger partial charge in [0.15, 0.2) is 0 Å². The van der Waals surface area contributed by atoms with Crippen LogP contribution in [0.5, 0.6) is 0 Å². The maximum atomic E-state index is 6.33. The summed E-state index contributed by atoms with van der Waals surface area (Å²) >= 11 is 6.33. The second-order valence-electron chi connectivity index (χ2n) is 5.77. The maximum absolute atomic E-state index is 6.33. The summed E-state index contributed by atoms with van der Waals surface area (Å²) < 4.78 is 0. The van der Waals surface area contributed by atoms with Crippen molar-refractivity contribution >= 4 is 11.6 Å². The molecule has 3 heteroatoms. The monoisotopic (exact) mass is 280 g/mol. The molecule has 3 atom stereocenters. The highest BCUT2D eigenvalue weighted by molar-refractivity contribution is 6.31. The van der Waals surface area contributed by atoms with Crippen molar-refractivity contribution in [3.8, 4) is 0 Å². The quantitative estimate of drug-likeness (QED) is 0.908. The zero-order valence-corrected chi connectivity index (χ0v) is 12.7. The summed E-state index contributed by atoms with van der Waals surface area (Å²) in [7, 11) is 2.20. The molecule has 1 aromatic carbocycles. The highest BCUT2D eigenvalue weighted by atomic mass is 35.5. The number of hydrogen-bond donors (Lipinski definition) is 1. The Kier molecular flexibility index (Phi) is 5.26. The van der Waals surface area contributed by atoms with Crippen molar-refractivity contribution < 1.29 is 0 Å². The highest BCUT2D eigenvalue weighted by Crippen LogP contribution is 2.34. The molecule has 0 saturated heterocycles. The molecule has 1 aliphatic rings. The minimum Gasteiger partial charge on any atom is -0.329 e. The van der Waals surface area contributed by atoms with Crippen LogP contribution in [-0.4, -0.2) is 24.5 Å². The Balaban J connectivity index is 2.19. The largest absolute Gasteiger partial charge is 0.329 e. The van der Waals surface area contributed by atoms with E-state index in [-0.39, 0.29) is 6.04 Å². The minimum atomic E-state index is 0.222. The molecule has 0 aromatic heterocycles. The van der Waals surface area contributed by atoms with Crippen LogP contribution in [0.3, 0.4) is 0 Å². The molecule has 0 radical (unpaired) electrons. The fourth-order valence-electron chi connectivity index (χ4n) is 3.39. The Bertz CT molecular complexity index is 407. The first-order chi connectivity index (χ1) is 9.15. The van der Waals surface area contributed by atoms with Gasteiger partial charge in [-0.2, -0.15) is 0 Å². The SMILES string of the molecule is CC1CCCCC1N(C)C(CN)c1ccccc1Cl. The van der Waals surface area contributed by atoms with Gasteiger partial charge in [0, 0.05) is 23.7 Å². The second kappa shape index (κ2) is 6.74. The third-order valence-electron chi connectivity index (χ3n) is 4.57. The fourth-order valence-corrected chi connectivity index (χ4v) is 3.65. The van der Waals surface area contributed by atoms with Gasteiger partial charge in [-0.05, 0) is 37.4 Å². The van der Waals surface area contributed by atoms with E-state index in [1.54, 1.807) is 0 Å². The Hall–Kier alpha value is -0.570. The lowest BCUT2D eigenvalue weighted by Gasteiger charge is -2.40. The molecule has 2 nitrogen and oxygen atoms in total. The summed E-state index contributed by atoms with van der Waals surface area (Å²) in [5.41, 5.74) is 7.19. The molecule has 106 valence electrons. The molecule has 0 bridgehead atoms. The van der Waals surface area contributed by atoms with Gasteiger partial charge in [0.2, 0.25) is 0 Å². The van der Waals surface area contributed by atoms with Gasteiger partial charge in [-0.1, -0.05) is 49.6 Å². The van der Waals surface area contributed by atoms with Crippen LogP contribution in [0.2, 0.25) is 5.02 Å². The maximum Gasteiger partial charge on any atom is 0.0485 e. The van der Waals surface area contributed by atoms with Gasteiger partial charge in [-0.15, -0.1) is 0 Å². The molecule has 1 aliphatic carbocycles. The van der Waals surface area contributed by atoms with Gasteiger partial charge < -0.3 is 5.73 Å². The lowest BCUT2D eigenvalue weighted by molar-refractivity contribution is 0.0992. The van der Waals surface area contributed by atoms with E-state index in [4.69, 9.17) is 17.3 Å². The molecule has 1 saturated carbocycles. The van der Waals surface area contributed by atoms with Crippen LogP contribution in [-0.2, 0) is 0 Å². The van der Waals surface area contributed by atoms with E-state index < -0.39 is 0 Å².